The number of hydrogen-bond donors (Lipinski definition) is 3. The zero-order valence-corrected chi connectivity index (χ0v) is 23.9. The molecule has 0 fully saturated rings. The van der Waals surface area contributed by atoms with Crippen LogP contribution in [-0.4, -0.2) is 36.6 Å². The van der Waals surface area contributed by atoms with E-state index in [9.17, 15) is 36.3 Å². The first kappa shape index (κ1) is 30.1. The van der Waals surface area contributed by atoms with Gasteiger partial charge in [0.1, 0.15) is 23.9 Å². The number of pyridine rings is 1. The second kappa shape index (κ2) is 11.5. The first-order valence-electron chi connectivity index (χ1n) is 12.9. The van der Waals surface area contributed by atoms with Gasteiger partial charge in [0, 0.05) is 22.2 Å². The Labute approximate surface area is 258 Å². The minimum Gasteiger partial charge on any atom is -0.344 e. The quantitative estimate of drug-likeness (QED) is 0.214. The Kier molecular flexibility index (Phi) is 7.70. The molecule has 10 nitrogen and oxygen atoms in total. The maximum atomic E-state index is 14.3. The van der Waals surface area contributed by atoms with E-state index < -0.39 is 53.7 Å². The number of anilines is 1. The van der Waals surface area contributed by atoms with E-state index in [1.807, 2.05) is 0 Å². The molecule has 17 heteroatoms. The van der Waals surface area contributed by atoms with Crippen LogP contribution in [0.25, 0.3) is 10.1 Å². The highest BCUT2D eigenvalue weighted by Gasteiger charge is 2.36. The van der Waals surface area contributed by atoms with Gasteiger partial charge in [0.15, 0.2) is 5.82 Å². The monoisotopic (exact) mass is 661 g/mol. The summed E-state index contributed by atoms with van der Waals surface area (Å²) in [7, 11) is 0. The molecule has 230 valence electrons. The molecule has 2 aromatic carbocycles. The number of imidazole rings is 1. The van der Waals surface area contributed by atoms with Gasteiger partial charge in [-0.25, -0.2) is 13.8 Å². The molecule has 3 amide bonds. The van der Waals surface area contributed by atoms with Gasteiger partial charge in [-0.15, -0.1) is 0 Å². The number of aromatic nitrogens is 4. The van der Waals surface area contributed by atoms with Crippen molar-refractivity contribution >= 4 is 56.8 Å². The topological polar surface area (TPSA) is 131 Å². The van der Waals surface area contributed by atoms with Crippen molar-refractivity contribution in [3.05, 3.63) is 105 Å². The fraction of sp³-hybridized carbons (Fsp3) is 0.143. The number of amides is 3. The number of nitrogens with zero attached hydrogens (tertiary/aromatic N) is 4. The number of rotatable bonds is 6. The van der Waals surface area contributed by atoms with Crippen molar-refractivity contribution in [1.29, 1.82) is 0 Å². The summed E-state index contributed by atoms with van der Waals surface area (Å²) in [5, 5.41) is 8.02. The van der Waals surface area contributed by atoms with Gasteiger partial charge in [0.2, 0.25) is 11.7 Å². The van der Waals surface area contributed by atoms with Gasteiger partial charge in [-0.2, -0.15) is 17.5 Å². The molecular formula is C28H17ClF5N7O3S. The number of carbonyl (C=O) groups excluding carboxylic acids is 3. The molecule has 0 radical (unpaired) electrons. The Morgan fingerprint density at radius 1 is 1.07 bits per heavy atom. The summed E-state index contributed by atoms with van der Waals surface area (Å²) in [5.74, 6) is -4.10. The van der Waals surface area contributed by atoms with E-state index in [2.05, 4.69) is 30.3 Å². The van der Waals surface area contributed by atoms with Crippen molar-refractivity contribution < 1.29 is 36.3 Å². The summed E-state index contributed by atoms with van der Waals surface area (Å²) in [4.78, 5) is 47.6. The zero-order valence-electron chi connectivity index (χ0n) is 22.4. The lowest BCUT2D eigenvalue weighted by molar-refractivity contribution is -0.137. The molecule has 5 aromatic rings. The summed E-state index contributed by atoms with van der Waals surface area (Å²) in [5.41, 5.74) is -0.831. The van der Waals surface area contributed by atoms with E-state index in [0.29, 0.717) is 10.9 Å². The van der Waals surface area contributed by atoms with Crippen molar-refractivity contribution in [1.82, 2.24) is 29.5 Å². The van der Waals surface area contributed by atoms with Crippen molar-refractivity contribution in [2.45, 2.75) is 25.3 Å². The summed E-state index contributed by atoms with van der Waals surface area (Å²) in [6.45, 7) is -0.740. The smallest absolute Gasteiger partial charge is 0.344 e. The zero-order chi connectivity index (χ0) is 32.0. The number of carbonyl (C=O) groups is 3. The molecule has 0 saturated heterocycles. The minimum atomic E-state index is -4.59. The number of hydrogen-bond acceptors (Lipinski definition) is 7. The van der Waals surface area contributed by atoms with Crippen LogP contribution < -0.4 is 16.0 Å². The molecule has 0 spiro atoms. The highest BCUT2D eigenvalue weighted by atomic mass is 35.5. The predicted molar refractivity (Wildman–Crippen MR) is 152 cm³/mol. The van der Waals surface area contributed by atoms with Gasteiger partial charge >= 0.3 is 6.18 Å². The van der Waals surface area contributed by atoms with Crippen molar-refractivity contribution in [2.24, 2.45) is 0 Å². The molecule has 0 bridgehead atoms. The molecule has 45 heavy (non-hydrogen) atoms. The number of benzene rings is 2. The van der Waals surface area contributed by atoms with Crippen LogP contribution >= 0.6 is 23.1 Å². The lowest BCUT2D eigenvalue weighted by atomic mass is 10.0. The standard InChI is InChI=1S/C28H17ClF5N7O3S/c29-18-5-2-13(30)7-16(18)21-23-24(39-26(43)22-17-8-14(31)3-6-19(17)45-40-22)38-25(41(23)11-20(42)37-21)27(44)36-10-15-4-1-12(9-35-15)28(32,33)34/h1-9,21H,10-11H2,(H,36,44)(H,37,42)(H,39,43). The summed E-state index contributed by atoms with van der Waals surface area (Å²) >= 11 is 7.31. The van der Waals surface area contributed by atoms with Crippen LogP contribution in [0, 0.1) is 11.6 Å². The van der Waals surface area contributed by atoms with Crippen LogP contribution in [0.15, 0.2) is 54.7 Å². The predicted octanol–water partition coefficient (Wildman–Crippen LogP) is 5.24. The van der Waals surface area contributed by atoms with E-state index in [1.54, 1.807) is 0 Å². The fourth-order valence-electron chi connectivity index (χ4n) is 4.75. The van der Waals surface area contributed by atoms with E-state index in [-0.39, 0.29) is 51.2 Å². The van der Waals surface area contributed by atoms with Crippen molar-refractivity contribution in [2.75, 3.05) is 5.32 Å². The lowest BCUT2D eigenvalue weighted by Gasteiger charge is -2.28. The third kappa shape index (κ3) is 5.93. The molecule has 1 aliphatic heterocycles. The van der Waals surface area contributed by atoms with Crippen molar-refractivity contribution in [3.63, 3.8) is 0 Å². The summed E-state index contributed by atoms with van der Waals surface area (Å²) in [6.07, 6.45) is -3.97. The Bertz CT molecular complexity index is 2000. The van der Waals surface area contributed by atoms with Gasteiger partial charge in [-0.05, 0) is 60.1 Å². The molecule has 1 aliphatic rings. The van der Waals surface area contributed by atoms with Gasteiger partial charge < -0.3 is 20.5 Å². The lowest BCUT2D eigenvalue weighted by Crippen LogP contribution is -2.41. The molecular weight excluding hydrogens is 645 g/mol. The van der Waals surface area contributed by atoms with Gasteiger partial charge in [-0.1, -0.05) is 11.6 Å². The third-order valence-corrected chi connectivity index (χ3v) is 7.99. The number of nitrogens with one attached hydrogen (secondary N) is 3. The highest BCUT2D eigenvalue weighted by Crippen LogP contribution is 2.36. The van der Waals surface area contributed by atoms with Gasteiger partial charge in [0.25, 0.3) is 11.8 Å². The molecule has 1 unspecified atom stereocenters. The summed E-state index contributed by atoms with van der Waals surface area (Å²) in [6, 6.07) is 7.99. The van der Waals surface area contributed by atoms with E-state index in [1.165, 1.54) is 22.8 Å². The average Bonchev–Trinajstić information content (AvgIpc) is 3.57. The van der Waals surface area contributed by atoms with Crippen LogP contribution in [0.5, 0.6) is 0 Å². The van der Waals surface area contributed by atoms with Gasteiger partial charge in [-0.3, -0.25) is 19.4 Å². The number of fused-ring (bicyclic) bond motifs is 2. The van der Waals surface area contributed by atoms with E-state index in [0.717, 1.165) is 41.9 Å². The first-order valence-corrected chi connectivity index (χ1v) is 14.1. The first-order chi connectivity index (χ1) is 21.4. The minimum absolute atomic E-state index is 0.0639. The number of alkyl halides is 3. The Hall–Kier alpha value is -4.96. The third-order valence-electron chi connectivity index (χ3n) is 6.82. The normalized spacial score (nSPS) is 14.6. The second-order valence-corrected chi connectivity index (χ2v) is 11.0. The van der Waals surface area contributed by atoms with Crippen LogP contribution in [0.1, 0.15) is 49.7 Å². The second-order valence-electron chi connectivity index (χ2n) is 9.77. The Morgan fingerprint density at radius 2 is 1.82 bits per heavy atom. The SMILES string of the molecule is O=C1Cn2c(C(=O)NCc3ccc(C(F)(F)F)cn3)nc(NC(=O)c3nsc4ccc(F)cc34)c2C(c2cc(F)ccc2Cl)N1. The molecule has 1 atom stereocenters. The molecule has 3 N–H and O–H groups in total. The molecule has 0 saturated carbocycles. The maximum Gasteiger partial charge on any atom is 0.417 e. The fourth-order valence-corrected chi connectivity index (χ4v) is 5.73. The largest absolute Gasteiger partial charge is 0.417 e. The van der Waals surface area contributed by atoms with Crippen LogP contribution in [0.2, 0.25) is 5.02 Å². The van der Waals surface area contributed by atoms with Crippen molar-refractivity contribution in [3.8, 4) is 0 Å². The highest BCUT2D eigenvalue weighted by molar-refractivity contribution is 7.13. The average molecular weight is 662 g/mol. The van der Waals surface area contributed by atoms with Crippen LogP contribution in [0.3, 0.4) is 0 Å². The summed E-state index contributed by atoms with van der Waals surface area (Å²) < 4.78 is 72.8. The van der Waals surface area contributed by atoms with E-state index in [4.69, 9.17) is 11.6 Å². The Morgan fingerprint density at radius 3 is 2.56 bits per heavy atom. The molecule has 6 rings (SSSR count). The Balaban J connectivity index is 1.38. The maximum absolute atomic E-state index is 14.3. The van der Waals surface area contributed by atoms with Crippen LogP contribution in [-0.2, 0) is 24.1 Å². The van der Waals surface area contributed by atoms with Crippen LogP contribution in [0.4, 0.5) is 27.8 Å². The number of halogens is 6. The van der Waals surface area contributed by atoms with Gasteiger partial charge in [0.05, 0.1) is 34.2 Å². The van der Waals surface area contributed by atoms with E-state index >= 15 is 0 Å². The molecule has 3 aromatic heterocycles. The molecule has 0 aliphatic carbocycles. The molecule has 4 heterocycles.